The van der Waals surface area contributed by atoms with Gasteiger partial charge in [-0.15, -0.1) is 0 Å². The second-order valence-corrected chi connectivity index (χ2v) is 3.96. The lowest BCUT2D eigenvalue weighted by Crippen LogP contribution is -2.38. The smallest absolute Gasteiger partial charge is 0.323 e. The van der Waals surface area contributed by atoms with Crippen LogP contribution < -0.4 is 5.73 Å². The van der Waals surface area contributed by atoms with E-state index >= 15 is 0 Å². The van der Waals surface area contributed by atoms with Gasteiger partial charge in [-0.2, -0.15) is 0 Å². The van der Waals surface area contributed by atoms with Crippen molar-refractivity contribution >= 4 is 23.2 Å². The standard InChI is InChI=1S/C9H16N2O2S/c1-13-9(12)7-3-2-5-11(7)6-4-8(10)14/h7H,2-6H2,1H3,(H2,10,14)/t7-/m0/s1. The van der Waals surface area contributed by atoms with Gasteiger partial charge in [0.2, 0.25) is 0 Å². The average Bonchev–Trinajstić information content (AvgIpc) is 2.61. The average molecular weight is 216 g/mol. The highest BCUT2D eigenvalue weighted by Gasteiger charge is 2.30. The number of ether oxygens (including phenoxy) is 1. The molecule has 0 unspecified atom stereocenters. The summed E-state index contributed by atoms with van der Waals surface area (Å²) in [5.41, 5.74) is 5.41. The van der Waals surface area contributed by atoms with Crippen LogP contribution in [-0.2, 0) is 9.53 Å². The lowest BCUT2D eigenvalue weighted by Gasteiger charge is -2.21. The molecule has 0 radical (unpaired) electrons. The number of thiocarbonyl (C=S) groups is 1. The third-order valence-electron chi connectivity index (χ3n) is 2.48. The maximum absolute atomic E-state index is 11.3. The zero-order chi connectivity index (χ0) is 10.6. The van der Waals surface area contributed by atoms with Crippen molar-refractivity contribution in [2.75, 3.05) is 20.2 Å². The summed E-state index contributed by atoms with van der Waals surface area (Å²) in [6.45, 7) is 1.69. The molecule has 1 aliphatic rings. The number of carbonyl (C=O) groups is 1. The first-order valence-electron chi connectivity index (χ1n) is 4.75. The monoisotopic (exact) mass is 216 g/mol. The summed E-state index contributed by atoms with van der Waals surface area (Å²) in [4.78, 5) is 13.9. The van der Waals surface area contributed by atoms with Crippen LogP contribution in [0.25, 0.3) is 0 Å². The molecule has 1 heterocycles. The Morgan fingerprint density at radius 3 is 3.00 bits per heavy atom. The van der Waals surface area contributed by atoms with Crippen LogP contribution >= 0.6 is 12.2 Å². The molecule has 0 spiro atoms. The summed E-state index contributed by atoms with van der Waals surface area (Å²) in [7, 11) is 1.42. The van der Waals surface area contributed by atoms with E-state index in [0.717, 1.165) is 25.9 Å². The third kappa shape index (κ3) is 2.92. The van der Waals surface area contributed by atoms with Gasteiger partial charge in [-0.25, -0.2) is 0 Å². The third-order valence-corrected chi connectivity index (χ3v) is 2.69. The summed E-state index contributed by atoms with van der Waals surface area (Å²) in [6.07, 6.45) is 2.59. The summed E-state index contributed by atoms with van der Waals surface area (Å²) in [6, 6.07) is -0.0886. The van der Waals surface area contributed by atoms with Crippen molar-refractivity contribution in [1.29, 1.82) is 0 Å². The van der Waals surface area contributed by atoms with Crippen molar-refractivity contribution in [2.24, 2.45) is 5.73 Å². The minimum Gasteiger partial charge on any atom is -0.468 e. The van der Waals surface area contributed by atoms with Crippen molar-refractivity contribution in [3.05, 3.63) is 0 Å². The topological polar surface area (TPSA) is 55.6 Å². The summed E-state index contributed by atoms with van der Waals surface area (Å²) in [5, 5.41) is 0. The largest absolute Gasteiger partial charge is 0.468 e. The molecule has 0 aromatic carbocycles. The van der Waals surface area contributed by atoms with Crippen LogP contribution in [0.1, 0.15) is 19.3 Å². The zero-order valence-corrected chi connectivity index (χ0v) is 9.18. The predicted molar refractivity (Wildman–Crippen MR) is 58.0 cm³/mol. The summed E-state index contributed by atoms with van der Waals surface area (Å²) in [5.74, 6) is -0.148. The molecule has 0 aliphatic carbocycles. The molecule has 0 bridgehead atoms. The Morgan fingerprint density at radius 2 is 2.43 bits per heavy atom. The van der Waals surface area contributed by atoms with Crippen molar-refractivity contribution in [3.8, 4) is 0 Å². The van der Waals surface area contributed by atoms with E-state index in [0.29, 0.717) is 11.4 Å². The van der Waals surface area contributed by atoms with Crippen molar-refractivity contribution in [1.82, 2.24) is 4.90 Å². The van der Waals surface area contributed by atoms with Gasteiger partial charge >= 0.3 is 5.97 Å². The molecule has 0 amide bonds. The minimum atomic E-state index is -0.148. The highest BCUT2D eigenvalue weighted by molar-refractivity contribution is 7.80. The Balaban J connectivity index is 2.42. The summed E-state index contributed by atoms with van der Waals surface area (Å²) < 4.78 is 4.73. The number of nitrogens with two attached hydrogens (primary N) is 1. The molecule has 0 aromatic rings. The SMILES string of the molecule is COC(=O)[C@@H]1CCCN1CCC(N)=S. The van der Waals surface area contributed by atoms with Crippen LogP contribution in [0, 0.1) is 0 Å². The van der Waals surface area contributed by atoms with E-state index in [2.05, 4.69) is 4.90 Å². The number of rotatable bonds is 4. The Kier molecular flexibility index (Phi) is 4.28. The van der Waals surface area contributed by atoms with E-state index in [1.807, 2.05) is 0 Å². The van der Waals surface area contributed by atoms with E-state index in [9.17, 15) is 4.79 Å². The Morgan fingerprint density at radius 1 is 1.71 bits per heavy atom. The van der Waals surface area contributed by atoms with Crippen molar-refractivity contribution in [2.45, 2.75) is 25.3 Å². The van der Waals surface area contributed by atoms with Crippen LogP contribution in [0.15, 0.2) is 0 Å². The predicted octanol–water partition coefficient (Wildman–Crippen LogP) is 0.300. The molecule has 1 saturated heterocycles. The number of likely N-dealkylation sites (tertiary alicyclic amines) is 1. The number of hydrogen-bond donors (Lipinski definition) is 1. The van der Waals surface area contributed by atoms with Crippen LogP contribution in [0.4, 0.5) is 0 Å². The molecular weight excluding hydrogens is 200 g/mol. The van der Waals surface area contributed by atoms with Gasteiger partial charge in [-0.3, -0.25) is 9.69 Å². The Bertz CT molecular complexity index is 233. The van der Waals surface area contributed by atoms with Crippen molar-refractivity contribution in [3.63, 3.8) is 0 Å². The Hall–Kier alpha value is -0.680. The van der Waals surface area contributed by atoms with Gasteiger partial charge in [-0.1, -0.05) is 12.2 Å². The number of esters is 1. The van der Waals surface area contributed by atoms with Gasteiger partial charge in [0.15, 0.2) is 0 Å². The highest BCUT2D eigenvalue weighted by Crippen LogP contribution is 2.18. The number of methoxy groups -OCH3 is 1. The van der Waals surface area contributed by atoms with Gasteiger partial charge < -0.3 is 10.5 Å². The maximum Gasteiger partial charge on any atom is 0.323 e. The van der Waals surface area contributed by atoms with Crippen LogP contribution in [0.2, 0.25) is 0 Å². The van der Waals surface area contributed by atoms with E-state index in [1.165, 1.54) is 7.11 Å². The molecular formula is C9H16N2O2S. The number of nitrogens with zero attached hydrogens (tertiary/aromatic N) is 1. The lowest BCUT2D eigenvalue weighted by molar-refractivity contribution is -0.145. The first-order valence-corrected chi connectivity index (χ1v) is 5.16. The number of hydrogen-bond acceptors (Lipinski definition) is 4. The van der Waals surface area contributed by atoms with Gasteiger partial charge in [0.05, 0.1) is 12.1 Å². The quantitative estimate of drug-likeness (QED) is 0.541. The van der Waals surface area contributed by atoms with Crippen LogP contribution in [0.3, 0.4) is 0 Å². The first-order chi connectivity index (χ1) is 6.65. The molecule has 0 aromatic heterocycles. The molecule has 1 atom stereocenters. The maximum atomic E-state index is 11.3. The van der Waals surface area contributed by atoms with Gasteiger partial charge in [0.1, 0.15) is 6.04 Å². The molecule has 14 heavy (non-hydrogen) atoms. The van der Waals surface area contributed by atoms with Crippen molar-refractivity contribution < 1.29 is 9.53 Å². The summed E-state index contributed by atoms with van der Waals surface area (Å²) >= 11 is 4.80. The minimum absolute atomic E-state index is 0.0886. The Labute approximate surface area is 89.4 Å². The van der Waals surface area contributed by atoms with E-state index in [-0.39, 0.29) is 12.0 Å². The normalized spacial score (nSPS) is 22.2. The first kappa shape index (κ1) is 11.4. The second-order valence-electron chi connectivity index (χ2n) is 3.43. The van der Waals surface area contributed by atoms with Gasteiger partial charge in [0.25, 0.3) is 0 Å². The fourth-order valence-corrected chi connectivity index (χ4v) is 1.84. The highest BCUT2D eigenvalue weighted by atomic mass is 32.1. The fraction of sp³-hybridized carbons (Fsp3) is 0.778. The molecule has 80 valence electrons. The molecule has 4 nitrogen and oxygen atoms in total. The lowest BCUT2D eigenvalue weighted by atomic mass is 10.2. The zero-order valence-electron chi connectivity index (χ0n) is 8.36. The van der Waals surface area contributed by atoms with E-state index in [4.69, 9.17) is 22.7 Å². The van der Waals surface area contributed by atoms with E-state index < -0.39 is 0 Å². The van der Waals surface area contributed by atoms with Gasteiger partial charge in [-0.05, 0) is 19.4 Å². The fourth-order valence-electron chi connectivity index (χ4n) is 1.75. The molecule has 1 aliphatic heterocycles. The second kappa shape index (κ2) is 5.26. The van der Waals surface area contributed by atoms with Gasteiger partial charge in [0, 0.05) is 13.0 Å². The molecule has 5 heteroatoms. The van der Waals surface area contributed by atoms with Crippen LogP contribution in [-0.4, -0.2) is 42.1 Å². The molecule has 1 rings (SSSR count). The molecule has 1 fully saturated rings. The molecule has 0 saturated carbocycles. The van der Waals surface area contributed by atoms with Crippen LogP contribution in [0.5, 0.6) is 0 Å². The molecule has 2 N–H and O–H groups in total. The van der Waals surface area contributed by atoms with E-state index in [1.54, 1.807) is 0 Å². The number of carbonyl (C=O) groups excluding carboxylic acids is 1.